The van der Waals surface area contributed by atoms with Crippen molar-refractivity contribution in [2.24, 2.45) is 5.92 Å². The molecule has 1 unspecified atom stereocenters. The molecule has 0 saturated carbocycles. The zero-order valence-electron chi connectivity index (χ0n) is 17.5. The quantitative estimate of drug-likeness (QED) is 0.542. The number of hydrogen-bond acceptors (Lipinski definition) is 4. The number of amides is 1. The predicted octanol–water partition coefficient (Wildman–Crippen LogP) is 5.72. The monoisotopic (exact) mass is 460 g/mol. The molecule has 4 rings (SSSR count). The van der Waals surface area contributed by atoms with Crippen LogP contribution < -0.4 is 0 Å². The number of aliphatic hydroxyl groups excluding tert-OH is 1. The zero-order chi connectivity index (χ0) is 22.9. The number of rotatable bonds is 4. The van der Waals surface area contributed by atoms with Gasteiger partial charge in [0.05, 0.1) is 17.4 Å². The molecular formula is C24H23F3N2O2S. The zero-order valence-corrected chi connectivity index (χ0v) is 18.3. The summed E-state index contributed by atoms with van der Waals surface area (Å²) in [5.41, 5.74) is 1.29. The van der Waals surface area contributed by atoms with E-state index in [4.69, 9.17) is 0 Å². The van der Waals surface area contributed by atoms with E-state index in [1.165, 1.54) is 23.5 Å². The summed E-state index contributed by atoms with van der Waals surface area (Å²) in [5.74, 6) is -0.0301. The van der Waals surface area contributed by atoms with Crippen LogP contribution in [0.5, 0.6) is 0 Å². The molecule has 0 bridgehead atoms. The summed E-state index contributed by atoms with van der Waals surface area (Å²) in [6.45, 7) is 2.82. The highest BCUT2D eigenvalue weighted by Gasteiger charge is 2.31. The molecule has 2 heterocycles. The standard InChI is InChI=1S/C24H23F3N2O2S/c1-15-21(32-22(28-15)18-7-9-19(10-8-18)24(25,26)27)23(31)29-13-11-17(12-14-29)20(30)16-5-3-2-4-6-16/h2-10,17,20,30H,11-14H2,1H3. The van der Waals surface area contributed by atoms with E-state index in [1.807, 2.05) is 30.3 Å². The lowest BCUT2D eigenvalue weighted by molar-refractivity contribution is -0.137. The summed E-state index contributed by atoms with van der Waals surface area (Å²) in [6, 6.07) is 14.3. The van der Waals surface area contributed by atoms with Crippen molar-refractivity contribution in [3.63, 3.8) is 0 Å². The molecule has 1 fully saturated rings. The van der Waals surface area contributed by atoms with Crippen molar-refractivity contribution in [3.05, 3.63) is 76.3 Å². The lowest BCUT2D eigenvalue weighted by Crippen LogP contribution is -2.39. The molecule has 1 N–H and O–H groups in total. The minimum Gasteiger partial charge on any atom is -0.388 e. The van der Waals surface area contributed by atoms with Gasteiger partial charge < -0.3 is 10.0 Å². The number of aryl methyl sites for hydroxylation is 1. The SMILES string of the molecule is Cc1nc(-c2ccc(C(F)(F)F)cc2)sc1C(=O)N1CCC(C(O)c2ccccc2)CC1. The molecule has 0 spiro atoms. The first kappa shape index (κ1) is 22.5. The molecule has 4 nitrogen and oxygen atoms in total. The highest BCUT2D eigenvalue weighted by Crippen LogP contribution is 2.35. The molecule has 1 aliphatic rings. The minimum atomic E-state index is -4.39. The van der Waals surface area contributed by atoms with Gasteiger partial charge in [-0.05, 0) is 43.4 Å². The van der Waals surface area contributed by atoms with Crippen LogP contribution in [0.25, 0.3) is 10.6 Å². The molecule has 8 heteroatoms. The Balaban J connectivity index is 1.43. The van der Waals surface area contributed by atoms with Gasteiger partial charge in [0, 0.05) is 18.7 Å². The maximum absolute atomic E-state index is 13.1. The third-order valence-electron chi connectivity index (χ3n) is 5.86. The second-order valence-electron chi connectivity index (χ2n) is 7.99. The number of aliphatic hydroxyl groups is 1. The van der Waals surface area contributed by atoms with Crippen LogP contribution in [0.15, 0.2) is 54.6 Å². The highest BCUT2D eigenvalue weighted by atomic mass is 32.1. The molecule has 1 amide bonds. The van der Waals surface area contributed by atoms with Gasteiger partial charge >= 0.3 is 6.18 Å². The average molecular weight is 461 g/mol. The van der Waals surface area contributed by atoms with Gasteiger partial charge in [-0.3, -0.25) is 4.79 Å². The molecule has 1 atom stereocenters. The van der Waals surface area contributed by atoms with Crippen molar-refractivity contribution in [1.29, 1.82) is 0 Å². The normalized spacial score (nSPS) is 16.2. The maximum Gasteiger partial charge on any atom is 0.416 e. The maximum atomic E-state index is 13.1. The van der Waals surface area contributed by atoms with Crippen molar-refractivity contribution < 1.29 is 23.1 Å². The average Bonchev–Trinajstić information content (AvgIpc) is 3.20. The molecule has 3 aromatic rings. The van der Waals surface area contributed by atoms with Crippen LogP contribution in [-0.2, 0) is 6.18 Å². The summed E-state index contributed by atoms with van der Waals surface area (Å²) >= 11 is 1.20. The van der Waals surface area contributed by atoms with Crippen LogP contribution in [0.4, 0.5) is 13.2 Å². The van der Waals surface area contributed by atoms with Gasteiger partial charge in [-0.1, -0.05) is 42.5 Å². The molecule has 2 aromatic carbocycles. The van der Waals surface area contributed by atoms with Crippen molar-refractivity contribution >= 4 is 17.2 Å². The van der Waals surface area contributed by atoms with E-state index in [1.54, 1.807) is 11.8 Å². The van der Waals surface area contributed by atoms with E-state index >= 15 is 0 Å². The summed E-state index contributed by atoms with van der Waals surface area (Å²) in [6.07, 6.45) is -3.54. The molecule has 1 aliphatic heterocycles. The third kappa shape index (κ3) is 4.71. The third-order valence-corrected chi connectivity index (χ3v) is 7.06. The second kappa shape index (κ2) is 9.03. The number of piperidine rings is 1. The first-order valence-corrected chi connectivity index (χ1v) is 11.2. The predicted molar refractivity (Wildman–Crippen MR) is 117 cm³/mol. The van der Waals surface area contributed by atoms with E-state index in [2.05, 4.69) is 4.98 Å². The van der Waals surface area contributed by atoms with Crippen molar-refractivity contribution in [3.8, 4) is 10.6 Å². The number of hydrogen-bond donors (Lipinski definition) is 1. The van der Waals surface area contributed by atoms with Crippen LogP contribution in [0.1, 0.15) is 45.4 Å². The fraction of sp³-hybridized carbons (Fsp3) is 0.333. The van der Waals surface area contributed by atoms with Crippen LogP contribution in [0.3, 0.4) is 0 Å². The smallest absolute Gasteiger partial charge is 0.388 e. The summed E-state index contributed by atoms with van der Waals surface area (Å²) < 4.78 is 38.4. The number of thiazole rings is 1. The Morgan fingerprint density at radius 3 is 2.31 bits per heavy atom. The molecule has 1 saturated heterocycles. The largest absolute Gasteiger partial charge is 0.416 e. The first-order valence-electron chi connectivity index (χ1n) is 10.4. The Morgan fingerprint density at radius 1 is 1.09 bits per heavy atom. The Morgan fingerprint density at radius 2 is 1.72 bits per heavy atom. The van der Waals surface area contributed by atoms with E-state index in [-0.39, 0.29) is 11.8 Å². The van der Waals surface area contributed by atoms with Gasteiger partial charge in [0.2, 0.25) is 0 Å². The number of likely N-dealkylation sites (tertiary alicyclic amines) is 1. The van der Waals surface area contributed by atoms with Gasteiger partial charge in [-0.25, -0.2) is 4.98 Å². The number of aromatic nitrogens is 1. The Hall–Kier alpha value is -2.71. The van der Waals surface area contributed by atoms with Crippen LogP contribution in [0.2, 0.25) is 0 Å². The second-order valence-corrected chi connectivity index (χ2v) is 8.99. The number of carbonyl (C=O) groups is 1. The van der Waals surface area contributed by atoms with Crippen molar-refractivity contribution in [2.45, 2.75) is 32.0 Å². The fourth-order valence-corrected chi connectivity index (χ4v) is 5.04. The Kier molecular flexibility index (Phi) is 6.35. The molecule has 32 heavy (non-hydrogen) atoms. The van der Waals surface area contributed by atoms with Crippen LogP contribution >= 0.6 is 11.3 Å². The topological polar surface area (TPSA) is 53.4 Å². The van der Waals surface area contributed by atoms with Crippen LogP contribution in [0, 0.1) is 12.8 Å². The van der Waals surface area contributed by atoms with Gasteiger partial charge in [-0.2, -0.15) is 13.2 Å². The van der Waals surface area contributed by atoms with E-state index < -0.39 is 17.8 Å². The fourth-order valence-electron chi connectivity index (χ4n) is 4.00. The van der Waals surface area contributed by atoms with Gasteiger partial charge in [-0.15, -0.1) is 11.3 Å². The number of carbonyl (C=O) groups excluding carboxylic acids is 1. The molecule has 168 valence electrons. The lowest BCUT2D eigenvalue weighted by Gasteiger charge is -2.34. The summed E-state index contributed by atoms with van der Waals surface area (Å²) in [7, 11) is 0. The van der Waals surface area contributed by atoms with E-state index in [0.29, 0.717) is 47.1 Å². The Labute approximate surface area is 188 Å². The lowest BCUT2D eigenvalue weighted by atomic mass is 9.87. The van der Waals surface area contributed by atoms with Gasteiger partial charge in [0.25, 0.3) is 5.91 Å². The number of alkyl halides is 3. The number of halogens is 3. The van der Waals surface area contributed by atoms with Crippen LogP contribution in [-0.4, -0.2) is 34.0 Å². The Bertz CT molecular complexity index is 1070. The molecule has 0 aliphatic carbocycles. The number of nitrogens with zero attached hydrogens (tertiary/aromatic N) is 2. The molecule has 0 radical (unpaired) electrons. The summed E-state index contributed by atoms with van der Waals surface area (Å²) in [5, 5.41) is 11.2. The molecular weight excluding hydrogens is 437 g/mol. The first-order chi connectivity index (χ1) is 15.2. The minimum absolute atomic E-state index is 0.0896. The van der Waals surface area contributed by atoms with Crippen molar-refractivity contribution in [2.75, 3.05) is 13.1 Å². The van der Waals surface area contributed by atoms with E-state index in [0.717, 1.165) is 17.7 Å². The molecule has 1 aromatic heterocycles. The van der Waals surface area contributed by atoms with Gasteiger partial charge in [0.1, 0.15) is 9.88 Å². The van der Waals surface area contributed by atoms with E-state index in [9.17, 15) is 23.1 Å². The summed E-state index contributed by atoms with van der Waals surface area (Å²) in [4.78, 5) is 19.8. The highest BCUT2D eigenvalue weighted by molar-refractivity contribution is 7.17. The number of benzene rings is 2. The van der Waals surface area contributed by atoms with Gasteiger partial charge in [0.15, 0.2) is 0 Å². The van der Waals surface area contributed by atoms with Crippen molar-refractivity contribution in [1.82, 2.24) is 9.88 Å².